The molecule has 0 radical (unpaired) electrons. The second kappa shape index (κ2) is 27.4. The number of carbonyl (C=O) groups excluding carboxylic acids is 1. The first-order chi connectivity index (χ1) is 16.2. The molecule has 0 spiro atoms. The molecular weight excluding hydrogens is 412 g/mol. The molecule has 1 N–H and O–H groups in total. The average molecular weight is 469 g/mol. The third kappa shape index (κ3) is 25.6. The lowest BCUT2D eigenvalue weighted by molar-refractivity contribution is -0.154. The number of hydrogen-bond donors (Lipinski definition) is 1. The standard InChI is InChI=1S/C29H56O4/c1-3-5-7-9-11-12-13-14-15-16-17-18-20-22-24-29(31)33-28(26-30)27-32-25-23-21-19-10-8-6-4-2/h13-14,28,30H,3-12,15-27H2,1-2H3/b14-13-. The number of aliphatic hydroxyl groups excluding tert-OH is 1. The van der Waals surface area contributed by atoms with E-state index in [1.54, 1.807) is 0 Å². The van der Waals surface area contributed by atoms with Gasteiger partial charge in [-0.1, -0.05) is 109 Å². The van der Waals surface area contributed by atoms with Gasteiger partial charge in [-0.25, -0.2) is 0 Å². The Labute approximate surface area is 205 Å². The summed E-state index contributed by atoms with van der Waals surface area (Å²) in [6.45, 7) is 5.29. The summed E-state index contributed by atoms with van der Waals surface area (Å²) in [7, 11) is 0. The normalized spacial score (nSPS) is 12.5. The number of rotatable bonds is 26. The highest BCUT2D eigenvalue weighted by molar-refractivity contribution is 5.69. The van der Waals surface area contributed by atoms with Gasteiger partial charge in [-0.15, -0.1) is 0 Å². The zero-order valence-corrected chi connectivity index (χ0v) is 22.2. The van der Waals surface area contributed by atoms with Crippen LogP contribution in [-0.2, 0) is 14.3 Å². The van der Waals surface area contributed by atoms with E-state index >= 15 is 0 Å². The van der Waals surface area contributed by atoms with E-state index < -0.39 is 6.10 Å². The van der Waals surface area contributed by atoms with E-state index in [1.807, 2.05) is 0 Å². The van der Waals surface area contributed by atoms with Crippen molar-refractivity contribution in [3.63, 3.8) is 0 Å². The van der Waals surface area contributed by atoms with Crippen molar-refractivity contribution < 1.29 is 19.4 Å². The van der Waals surface area contributed by atoms with Crippen LogP contribution in [0.3, 0.4) is 0 Å². The van der Waals surface area contributed by atoms with Crippen molar-refractivity contribution in [1.29, 1.82) is 0 Å². The van der Waals surface area contributed by atoms with Crippen LogP contribution >= 0.6 is 0 Å². The second-order valence-electron chi connectivity index (χ2n) is 9.47. The summed E-state index contributed by atoms with van der Waals surface area (Å²) >= 11 is 0. The minimum atomic E-state index is -0.527. The van der Waals surface area contributed by atoms with E-state index in [2.05, 4.69) is 26.0 Å². The molecule has 0 heterocycles. The molecular formula is C29H56O4. The summed E-state index contributed by atoms with van der Waals surface area (Å²) in [5, 5.41) is 9.43. The molecule has 0 aromatic rings. The van der Waals surface area contributed by atoms with Gasteiger partial charge in [-0.2, -0.15) is 0 Å². The predicted octanol–water partition coefficient (Wildman–Crippen LogP) is 8.31. The fourth-order valence-electron chi connectivity index (χ4n) is 3.91. The molecule has 33 heavy (non-hydrogen) atoms. The SMILES string of the molecule is CCCCCCC/C=C\CCCCCCCC(=O)OC(CO)COCCCCCCCCC. The molecule has 0 saturated heterocycles. The Hall–Kier alpha value is -0.870. The Morgan fingerprint density at radius 3 is 1.73 bits per heavy atom. The molecule has 4 heteroatoms. The van der Waals surface area contributed by atoms with E-state index in [9.17, 15) is 9.90 Å². The first-order valence-electron chi connectivity index (χ1n) is 14.3. The van der Waals surface area contributed by atoms with Crippen molar-refractivity contribution >= 4 is 5.97 Å². The number of unbranched alkanes of at least 4 members (excludes halogenated alkanes) is 16. The number of ether oxygens (including phenoxy) is 2. The summed E-state index contributed by atoms with van der Waals surface area (Å²) in [6.07, 6.45) is 28.0. The first kappa shape index (κ1) is 32.1. The van der Waals surface area contributed by atoms with Crippen LogP contribution in [0.5, 0.6) is 0 Å². The molecule has 1 atom stereocenters. The van der Waals surface area contributed by atoms with Gasteiger partial charge in [-0.05, 0) is 38.5 Å². The number of aliphatic hydroxyl groups is 1. The van der Waals surface area contributed by atoms with Crippen molar-refractivity contribution in [2.75, 3.05) is 19.8 Å². The largest absolute Gasteiger partial charge is 0.457 e. The topological polar surface area (TPSA) is 55.8 Å². The van der Waals surface area contributed by atoms with Crippen LogP contribution in [0.15, 0.2) is 12.2 Å². The average Bonchev–Trinajstić information content (AvgIpc) is 2.82. The van der Waals surface area contributed by atoms with Crippen LogP contribution in [-0.4, -0.2) is 37.0 Å². The predicted molar refractivity (Wildman–Crippen MR) is 141 cm³/mol. The molecule has 4 nitrogen and oxygen atoms in total. The Kier molecular flexibility index (Phi) is 26.7. The monoisotopic (exact) mass is 468 g/mol. The number of carbonyl (C=O) groups is 1. The zero-order chi connectivity index (χ0) is 24.2. The molecule has 0 aliphatic carbocycles. The summed E-state index contributed by atoms with van der Waals surface area (Å²) in [4.78, 5) is 12.0. The Morgan fingerprint density at radius 1 is 0.697 bits per heavy atom. The first-order valence-corrected chi connectivity index (χ1v) is 14.3. The molecule has 0 rings (SSSR count). The zero-order valence-electron chi connectivity index (χ0n) is 22.2. The van der Waals surface area contributed by atoms with Gasteiger partial charge in [0.25, 0.3) is 0 Å². The molecule has 0 fully saturated rings. The van der Waals surface area contributed by atoms with E-state index in [0.717, 1.165) is 19.3 Å². The van der Waals surface area contributed by atoms with Gasteiger partial charge >= 0.3 is 5.97 Å². The van der Waals surface area contributed by atoms with Gasteiger partial charge < -0.3 is 14.6 Å². The smallest absolute Gasteiger partial charge is 0.306 e. The maximum absolute atomic E-state index is 12.0. The van der Waals surface area contributed by atoms with Crippen LogP contribution in [0, 0.1) is 0 Å². The lowest BCUT2D eigenvalue weighted by Gasteiger charge is -2.15. The van der Waals surface area contributed by atoms with Crippen LogP contribution in [0.1, 0.15) is 142 Å². The van der Waals surface area contributed by atoms with Gasteiger partial charge in [0.1, 0.15) is 6.10 Å². The molecule has 0 aromatic carbocycles. The second-order valence-corrected chi connectivity index (χ2v) is 9.47. The van der Waals surface area contributed by atoms with Crippen molar-refractivity contribution in [3.05, 3.63) is 12.2 Å². The van der Waals surface area contributed by atoms with Crippen LogP contribution in [0.2, 0.25) is 0 Å². The summed E-state index contributed by atoms with van der Waals surface area (Å²) < 4.78 is 11.0. The van der Waals surface area contributed by atoms with E-state index in [-0.39, 0.29) is 12.6 Å². The van der Waals surface area contributed by atoms with Crippen molar-refractivity contribution in [3.8, 4) is 0 Å². The lowest BCUT2D eigenvalue weighted by atomic mass is 10.1. The van der Waals surface area contributed by atoms with E-state index in [4.69, 9.17) is 9.47 Å². The van der Waals surface area contributed by atoms with E-state index in [1.165, 1.54) is 103 Å². The van der Waals surface area contributed by atoms with Gasteiger partial charge in [0.15, 0.2) is 0 Å². The molecule has 0 aliphatic heterocycles. The Bertz CT molecular complexity index is 422. The van der Waals surface area contributed by atoms with Gasteiger partial charge in [-0.3, -0.25) is 4.79 Å². The highest BCUT2D eigenvalue weighted by atomic mass is 16.6. The quantitative estimate of drug-likeness (QED) is 0.0787. The van der Waals surface area contributed by atoms with Crippen molar-refractivity contribution in [2.45, 2.75) is 148 Å². The maximum Gasteiger partial charge on any atom is 0.306 e. The van der Waals surface area contributed by atoms with Gasteiger partial charge in [0.2, 0.25) is 0 Å². The van der Waals surface area contributed by atoms with Crippen molar-refractivity contribution in [2.24, 2.45) is 0 Å². The van der Waals surface area contributed by atoms with Crippen LogP contribution < -0.4 is 0 Å². The molecule has 0 aliphatic rings. The van der Waals surface area contributed by atoms with Gasteiger partial charge in [0, 0.05) is 13.0 Å². The van der Waals surface area contributed by atoms with Gasteiger partial charge in [0.05, 0.1) is 13.2 Å². The summed E-state index contributed by atoms with van der Waals surface area (Å²) in [5.41, 5.74) is 0. The van der Waals surface area contributed by atoms with Crippen LogP contribution in [0.25, 0.3) is 0 Å². The highest BCUT2D eigenvalue weighted by Crippen LogP contribution is 2.11. The molecule has 0 aromatic heterocycles. The Morgan fingerprint density at radius 2 is 1.18 bits per heavy atom. The maximum atomic E-state index is 12.0. The molecule has 0 saturated carbocycles. The molecule has 1 unspecified atom stereocenters. The number of hydrogen-bond acceptors (Lipinski definition) is 4. The number of esters is 1. The lowest BCUT2D eigenvalue weighted by Crippen LogP contribution is -2.27. The van der Waals surface area contributed by atoms with E-state index in [0.29, 0.717) is 19.6 Å². The molecule has 196 valence electrons. The van der Waals surface area contributed by atoms with Crippen LogP contribution in [0.4, 0.5) is 0 Å². The fraction of sp³-hybridized carbons (Fsp3) is 0.897. The van der Waals surface area contributed by atoms with Crippen molar-refractivity contribution in [1.82, 2.24) is 0 Å². The molecule has 0 amide bonds. The summed E-state index contributed by atoms with van der Waals surface area (Å²) in [6, 6.07) is 0. The number of allylic oxidation sites excluding steroid dienone is 2. The third-order valence-electron chi connectivity index (χ3n) is 6.09. The minimum Gasteiger partial charge on any atom is -0.457 e. The summed E-state index contributed by atoms with van der Waals surface area (Å²) in [5.74, 6) is -0.213. The third-order valence-corrected chi connectivity index (χ3v) is 6.09. The minimum absolute atomic E-state index is 0.172. The molecule has 0 bridgehead atoms. The highest BCUT2D eigenvalue weighted by Gasteiger charge is 2.13. The Balaban J connectivity index is 3.47. The fourth-order valence-corrected chi connectivity index (χ4v) is 3.91.